The van der Waals surface area contributed by atoms with Crippen LogP contribution in [0, 0.1) is 11.8 Å². The molecule has 0 aromatic heterocycles. The molecule has 0 saturated carbocycles. The van der Waals surface area contributed by atoms with Crippen LogP contribution in [0.4, 0.5) is 5.69 Å². The number of anilines is 1. The lowest BCUT2D eigenvalue weighted by Gasteiger charge is -2.38. The molecule has 4 aliphatic heterocycles. The Labute approximate surface area is 241 Å². The minimum Gasteiger partial charge on any atom is -0.494 e. The van der Waals surface area contributed by atoms with Crippen LogP contribution in [0.2, 0.25) is 0 Å². The normalized spacial score (nSPS) is 32.1. The average Bonchev–Trinajstić information content (AvgIpc) is 3.19. The number of rotatable bonds is 9. The van der Waals surface area contributed by atoms with Crippen molar-refractivity contribution >= 4 is 35.2 Å². The van der Waals surface area contributed by atoms with Crippen LogP contribution in [0.5, 0.6) is 5.75 Å². The van der Waals surface area contributed by atoms with Crippen molar-refractivity contribution in [2.24, 2.45) is 11.8 Å². The summed E-state index contributed by atoms with van der Waals surface area (Å²) in [4.78, 5) is 48.4. The number of carbonyl (C=O) groups is 3. The third-order valence-electron chi connectivity index (χ3n) is 8.84. The van der Waals surface area contributed by atoms with E-state index in [0.717, 1.165) is 24.3 Å². The lowest BCUT2D eigenvalue weighted by Crippen LogP contribution is -2.55. The summed E-state index contributed by atoms with van der Waals surface area (Å²) in [5, 5.41) is 9.63. The Morgan fingerprint density at radius 3 is 2.42 bits per heavy atom. The summed E-state index contributed by atoms with van der Waals surface area (Å²) < 4.78 is 4.06. The van der Waals surface area contributed by atoms with Crippen molar-refractivity contribution in [3.05, 3.63) is 48.6 Å². The largest absolute Gasteiger partial charge is 0.494 e. The van der Waals surface area contributed by atoms with Crippen LogP contribution < -0.4 is 9.64 Å². The van der Waals surface area contributed by atoms with E-state index in [1.165, 1.54) is 0 Å². The molecule has 5 rings (SSSR count). The first-order valence-corrected chi connectivity index (χ1v) is 15.4. The molecule has 2 saturated heterocycles. The predicted molar refractivity (Wildman–Crippen MR) is 157 cm³/mol. The second-order valence-corrected chi connectivity index (χ2v) is 13.2. The van der Waals surface area contributed by atoms with Crippen molar-refractivity contribution < 1.29 is 24.2 Å². The van der Waals surface area contributed by atoms with Gasteiger partial charge in [0.05, 0.1) is 23.2 Å². The molecular weight excluding hydrogens is 526 g/mol. The van der Waals surface area contributed by atoms with Crippen LogP contribution in [0.15, 0.2) is 48.6 Å². The highest BCUT2D eigenvalue weighted by atomic mass is 32.2. The molecule has 4 heterocycles. The van der Waals surface area contributed by atoms with Gasteiger partial charge in [0, 0.05) is 42.7 Å². The summed E-state index contributed by atoms with van der Waals surface area (Å²) in [6, 6.07) is 6.80. The van der Waals surface area contributed by atoms with Crippen LogP contribution in [-0.2, 0) is 14.4 Å². The van der Waals surface area contributed by atoms with Gasteiger partial charge in [-0.05, 0) is 57.9 Å². The number of nitrogens with zero attached hydrogens (tertiary/aromatic N) is 3. The van der Waals surface area contributed by atoms with Gasteiger partial charge in [0.15, 0.2) is 0 Å². The van der Waals surface area contributed by atoms with E-state index in [2.05, 4.69) is 26.0 Å². The van der Waals surface area contributed by atoms with Crippen molar-refractivity contribution in [3.8, 4) is 5.75 Å². The zero-order valence-electron chi connectivity index (χ0n) is 23.9. The van der Waals surface area contributed by atoms with Crippen LogP contribution in [0.3, 0.4) is 0 Å². The zero-order valence-corrected chi connectivity index (χ0v) is 24.7. The second kappa shape index (κ2) is 11.2. The first-order valence-electron chi connectivity index (χ1n) is 14.5. The number of thioether (sulfide) groups is 1. The fraction of sp³-hybridized carbons (Fsp3) is 0.581. The average molecular weight is 568 g/mol. The maximum absolute atomic E-state index is 14.5. The van der Waals surface area contributed by atoms with Crippen molar-refractivity contribution in [2.75, 3.05) is 37.7 Å². The van der Waals surface area contributed by atoms with Crippen molar-refractivity contribution in [2.45, 2.75) is 68.5 Å². The Balaban J connectivity index is 1.57. The van der Waals surface area contributed by atoms with Crippen molar-refractivity contribution in [1.82, 2.24) is 9.80 Å². The van der Waals surface area contributed by atoms with Gasteiger partial charge in [-0.1, -0.05) is 37.6 Å². The third kappa shape index (κ3) is 4.55. The SMILES string of the molecule is CCCC(C)N1CC=C[C@]23S[C@@]4(C)C=CCN(c5ccc(OCC)cc5)C(=O)[C@H]4[C@H]2C(=O)N(CCCO)C3C1=O. The Morgan fingerprint density at radius 1 is 1.02 bits per heavy atom. The quantitative estimate of drug-likeness (QED) is 0.459. The van der Waals surface area contributed by atoms with E-state index in [0.29, 0.717) is 26.1 Å². The fourth-order valence-corrected chi connectivity index (χ4v) is 9.27. The molecule has 216 valence electrons. The highest BCUT2D eigenvalue weighted by Crippen LogP contribution is 2.65. The Bertz CT molecular complexity index is 1200. The standard InChI is InChI=1S/C31H41N3O5S/c1-5-10-21(3)32-17-8-16-31-25(28(37)34(19-9-20-35)26(31)29(32)38)24-27(36)33(18-7-15-30(24,4)40-31)22-11-13-23(14-12-22)39-6-2/h7-8,11-16,21,24-26,35H,5-6,9-10,17-20H2,1-4H3/t21?,24-,25+,26?,30+,31+/m1/s1. The van der Waals surface area contributed by atoms with Gasteiger partial charge in [0.2, 0.25) is 17.7 Å². The highest BCUT2D eigenvalue weighted by Gasteiger charge is 2.74. The Kier molecular flexibility index (Phi) is 8.08. The smallest absolute Gasteiger partial charge is 0.247 e. The summed E-state index contributed by atoms with van der Waals surface area (Å²) in [5.41, 5.74) is 0.750. The summed E-state index contributed by atoms with van der Waals surface area (Å²) in [7, 11) is 0. The first kappa shape index (κ1) is 28.7. The predicted octanol–water partition coefficient (Wildman–Crippen LogP) is 3.65. The topological polar surface area (TPSA) is 90.4 Å². The maximum atomic E-state index is 14.5. The summed E-state index contributed by atoms with van der Waals surface area (Å²) in [6.45, 7) is 9.79. The van der Waals surface area contributed by atoms with E-state index >= 15 is 0 Å². The number of hydrogen-bond acceptors (Lipinski definition) is 6. The van der Waals surface area contributed by atoms with Crippen molar-refractivity contribution in [3.63, 3.8) is 0 Å². The fourth-order valence-electron chi connectivity index (χ4n) is 7.11. The molecule has 0 radical (unpaired) electrons. The molecule has 0 bridgehead atoms. The number of benzene rings is 1. The maximum Gasteiger partial charge on any atom is 0.247 e. The lowest BCUT2D eigenvalue weighted by molar-refractivity contribution is -0.144. The monoisotopic (exact) mass is 567 g/mol. The molecule has 1 N–H and O–H groups in total. The van der Waals surface area contributed by atoms with Gasteiger partial charge in [-0.25, -0.2) is 0 Å². The van der Waals surface area contributed by atoms with E-state index in [1.807, 2.05) is 55.2 Å². The molecule has 1 aromatic rings. The molecule has 40 heavy (non-hydrogen) atoms. The van der Waals surface area contributed by atoms with Crippen molar-refractivity contribution in [1.29, 1.82) is 0 Å². The summed E-state index contributed by atoms with van der Waals surface area (Å²) in [5.74, 6) is -0.933. The summed E-state index contributed by atoms with van der Waals surface area (Å²) in [6.07, 6.45) is 10.4. The number of likely N-dealkylation sites (tertiary alicyclic amines) is 1. The second-order valence-electron chi connectivity index (χ2n) is 11.4. The molecule has 3 amide bonds. The molecule has 6 atom stereocenters. The number of hydrogen-bond donors (Lipinski definition) is 1. The number of aliphatic hydroxyl groups excluding tert-OH is 1. The van der Waals surface area contributed by atoms with E-state index in [4.69, 9.17) is 4.74 Å². The van der Waals surface area contributed by atoms with Gasteiger partial charge in [-0.15, -0.1) is 11.8 Å². The van der Waals surface area contributed by atoms with Crippen LogP contribution in [0.1, 0.15) is 47.0 Å². The van der Waals surface area contributed by atoms with Gasteiger partial charge >= 0.3 is 0 Å². The number of ether oxygens (including phenoxy) is 1. The molecule has 9 heteroatoms. The summed E-state index contributed by atoms with van der Waals surface area (Å²) >= 11 is 1.59. The lowest BCUT2D eigenvalue weighted by atomic mass is 9.74. The number of fused-ring (bicyclic) bond motifs is 2. The van der Waals surface area contributed by atoms with Crippen LogP contribution in [0.25, 0.3) is 0 Å². The van der Waals surface area contributed by atoms with Gasteiger partial charge < -0.3 is 24.5 Å². The van der Waals surface area contributed by atoms with Gasteiger partial charge in [0.25, 0.3) is 0 Å². The van der Waals surface area contributed by atoms with E-state index < -0.39 is 27.4 Å². The minimum atomic E-state index is -0.869. The minimum absolute atomic E-state index is 0.0373. The third-order valence-corrected chi connectivity index (χ3v) is 10.6. The number of amides is 3. The molecule has 1 aromatic carbocycles. The molecule has 0 aliphatic carbocycles. The Hall–Kier alpha value is -2.78. The van der Waals surface area contributed by atoms with E-state index in [-0.39, 0.29) is 36.9 Å². The van der Waals surface area contributed by atoms with Gasteiger partial charge in [-0.3, -0.25) is 14.4 Å². The van der Waals surface area contributed by atoms with Crippen LogP contribution >= 0.6 is 11.8 Å². The zero-order chi connectivity index (χ0) is 28.7. The molecular formula is C31H41N3O5S. The highest BCUT2D eigenvalue weighted by molar-refractivity contribution is 8.02. The van der Waals surface area contributed by atoms with Gasteiger partial charge in [0.1, 0.15) is 11.8 Å². The van der Waals surface area contributed by atoms with E-state index in [1.54, 1.807) is 21.6 Å². The number of aliphatic hydroxyl groups is 1. The molecule has 1 spiro atoms. The number of carbonyl (C=O) groups excluding carboxylic acids is 3. The first-order chi connectivity index (χ1) is 19.2. The molecule has 8 nitrogen and oxygen atoms in total. The Morgan fingerprint density at radius 2 is 1.75 bits per heavy atom. The molecule has 2 unspecified atom stereocenters. The van der Waals surface area contributed by atoms with Crippen LogP contribution in [-0.4, -0.2) is 87.1 Å². The molecule has 2 fully saturated rings. The van der Waals surface area contributed by atoms with E-state index in [9.17, 15) is 19.5 Å². The van der Waals surface area contributed by atoms with Gasteiger partial charge in [-0.2, -0.15) is 0 Å². The molecule has 4 aliphatic rings.